The molecule has 1 aromatic rings. The third kappa shape index (κ3) is 2.28. The second-order valence-electron chi connectivity index (χ2n) is 6.18. The SMILES string of the molecule is CN(C)CCC1(c2ccccc2F)C(=O)OC2=CC=CCC21. The second kappa shape index (κ2) is 5.69. The molecule has 1 saturated heterocycles. The molecule has 1 fully saturated rings. The average Bonchev–Trinajstić information content (AvgIpc) is 2.78. The lowest BCUT2D eigenvalue weighted by atomic mass is 9.66. The van der Waals surface area contributed by atoms with E-state index < -0.39 is 5.41 Å². The normalized spacial score (nSPS) is 26.8. The summed E-state index contributed by atoms with van der Waals surface area (Å²) in [5.74, 6) is -0.134. The third-order valence-electron chi connectivity index (χ3n) is 4.59. The summed E-state index contributed by atoms with van der Waals surface area (Å²) in [6.07, 6.45) is 6.96. The van der Waals surface area contributed by atoms with Crippen molar-refractivity contribution in [1.29, 1.82) is 0 Å². The number of nitrogens with zero attached hydrogens (tertiary/aromatic N) is 1. The lowest BCUT2D eigenvalue weighted by Gasteiger charge is -2.33. The molecule has 0 bridgehead atoms. The first kappa shape index (κ1) is 15.0. The van der Waals surface area contributed by atoms with Gasteiger partial charge in [0.25, 0.3) is 0 Å². The van der Waals surface area contributed by atoms with E-state index in [0.29, 0.717) is 30.7 Å². The van der Waals surface area contributed by atoms with E-state index in [9.17, 15) is 9.18 Å². The zero-order chi connectivity index (χ0) is 15.7. The van der Waals surface area contributed by atoms with Gasteiger partial charge in [0.1, 0.15) is 17.0 Å². The van der Waals surface area contributed by atoms with Crippen molar-refractivity contribution < 1.29 is 13.9 Å². The minimum absolute atomic E-state index is 0.123. The maximum Gasteiger partial charge on any atom is 0.322 e. The first-order valence-electron chi connectivity index (χ1n) is 7.54. The van der Waals surface area contributed by atoms with Crippen molar-refractivity contribution in [3.05, 3.63) is 59.6 Å². The highest BCUT2D eigenvalue weighted by atomic mass is 19.1. The molecule has 0 N–H and O–H groups in total. The van der Waals surface area contributed by atoms with Crippen LogP contribution in [0.2, 0.25) is 0 Å². The van der Waals surface area contributed by atoms with E-state index in [4.69, 9.17) is 4.74 Å². The molecule has 0 spiro atoms. The van der Waals surface area contributed by atoms with Crippen molar-refractivity contribution in [2.45, 2.75) is 18.3 Å². The molecule has 1 aliphatic heterocycles. The Morgan fingerprint density at radius 3 is 2.86 bits per heavy atom. The standard InChI is InChI=1S/C18H20FNO2/c1-20(2)12-11-18(13-7-3-5-9-15(13)19)14-8-4-6-10-16(14)22-17(18)21/h3-7,9-10,14H,8,11-12H2,1-2H3. The Morgan fingerprint density at radius 2 is 2.14 bits per heavy atom. The predicted molar refractivity (Wildman–Crippen MR) is 82.7 cm³/mol. The van der Waals surface area contributed by atoms with Gasteiger partial charge in [0.15, 0.2) is 0 Å². The lowest BCUT2D eigenvalue weighted by Crippen LogP contribution is -2.41. The Kier molecular flexibility index (Phi) is 3.87. The molecule has 2 aliphatic rings. The Bertz CT molecular complexity index is 650. The molecule has 116 valence electrons. The van der Waals surface area contributed by atoms with Gasteiger partial charge >= 0.3 is 5.97 Å². The number of carbonyl (C=O) groups is 1. The summed E-state index contributed by atoms with van der Waals surface area (Å²) in [5, 5.41) is 0. The zero-order valence-corrected chi connectivity index (χ0v) is 12.9. The van der Waals surface area contributed by atoms with Crippen LogP contribution in [0.3, 0.4) is 0 Å². The van der Waals surface area contributed by atoms with E-state index in [1.54, 1.807) is 18.2 Å². The van der Waals surface area contributed by atoms with Crippen molar-refractivity contribution in [3.8, 4) is 0 Å². The number of fused-ring (bicyclic) bond motifs is 1. The van der Waals surface area contributed by atoms with Gasteiger partial charge in [-0.3, -0.25) is 4.79 Å². The van der Waals surface area contributed by atoms with Crippen molar-refractivity contribution in [1.82, 2.24) is 4.90 Å². The summed E-state index contributed by atoms with van der Waals surface area (Å²) in [6, 6.07) is 6.56. The molecule has 1 heterocycles. The van der Waals surface area contributed by atoms with Crippen LogP contribution in [0.15, 0.2) is 48.3 Å². The van der Waals surface area contributed by atoms with Gasteiger partial charge in [-0.25, -0.2) is 4.39 Å². The Labute approximate surface area is 130 Å². The number of hydrogen-bond donors (Lipinski definition) is 0. The molecule has 0 aromatic heterocycles. The molecule has 4 heteroatoms. The fraction of sp³-hybridized carbons (Fsp3) is 0.389. The number of carbonyl (C=O) groups excluding carboxylic acids is 1. The summed E-state index contributed by atoms with van der Waals surface area (Å²) >= 11 is 0. The van der Waals surface area contributed by atoms with Crippen molar-refractivity contribution in [3.63, 3.8) is 0 Å². The van der Waals surface area contributed by atoms with Gasteiger partial charge in [0, 0.05) is 11.5 Å². The van der Waals surface area contributed by atoms with E-state index in [-0.39, 0.29) is 17.7 Å². The molecule has 1 aromatic carbocycles. The van der Waals surface area contributed by atoms with Crippen LogP contribution in [0.25, 0.3) is 0 Å². The largest absolute Gasteiger partial charge is 0.430 e. The van der Waals surface area contributed by atoms with Crippen molar-refractivity contribution in [2.24, 2.45) is 5.92 Å². The molecule has 2 atom stereocenters. The highest BCUT2D eigenvalue weighted by molar-refractivity contribution is 5.88. The number of halogens is 1. The van der Waals surface area contributed by atoms with Gasteiger partial charge in [0.2, 0.25) is 0 Å². The van der Waals surface area contributed by atoms with E-state index in [2.05, 4.69) is 0 Å². The molecule has 3 nitrogen and oxygen atoms in total. The average molecular weight is 301 g/mol. The minimum Gasteiger partial charge on any atom is -0.430 e. The summed E-state index contributed by atoms with van der Waals surface area (Å²) in [6.45, 7) is 0.691. The topological polar surface area (TPSA) is 29.5 Å². The Morgan fingerprint density at radius 1 is 1.36 bits per heavy atom. The number of allylic oxidation sites excluding steroid dienone is 4. The van der Waals surface area contributed by atoms with Gasteiger partial charge in [0.05, 0.1) is 0 Å². The first-order valence-corrected chi connectivity index (χ1v) is 7.54. The minimum atomic E-state index is -0.938. The van der Waals surface area contributed by atoms with E-state index in [1.807, 2.05) is 37.2 Å². The summed E-state index contributed by atoms with van der Waals surface area (Å²) in [4.78, 5) is 14.8. The maximum atomic E-state index is 14.5. The van der Waals surface area contributed by atoms with E-state index >= 15 is 0 Å². The zero-order valence-electron chi connectivity index (χ0n) is 12.9. The molecule has 0 saturated carbocycles. The lowest BCUT2D eigenvalue weighted by molar-refractivity contribution is -0.141. The van der Waals surface area contributed by atoms with Crippen LogP contribution < -0.4 is 0 Å². The van der Waals surface area contributed by atoms with Gasteiger partial charge in [-0.2, -0.15) is 0 Å². The number of hydrogen-bond acceptors (Lipinski definition) is 3. The number of rotatable bonds is 4. The third-order valence-corrected chi connectivity index (χ3v) is 4.59. The van der Waals surface area contributed by atoms with Crippen LogP contribution in [0, 0.1) is 11.7 Å². The van der Waals surface area contributed by atoms with Crippen LogP contribution in [0.1, 0.15) is 18.4 Å². The fourth-order valence-electron chi connectivity index (χ4n) is 3.43. The Balaban J connectivity index is 2.11. The van der Waals surface area contributed by atoms with E-state index in [1.165, 1.54) is 6.07 Å². The molecule has 3 rings (SSSR count). The number of ether oxygens (including phenoxy) is 1. The molecule has 1 aliphatic carbocycles. The molecule has 0 amide bonds. The highest BCUT2D eigenvalue weighted by Crippen LogP contribution is 2.50. The van der Waals surface area contributed by atoms with E-state index in [0.717, 1.165) is 0 Å². The van der Waals surface area contributed by atoms with Crippen LogP contribution >= 0.6 is 0 Å². The van der Waals surface area contributed by atoms with Crippen molar-refractivity contribution >= 4 is 5.97 Å². The van der Waals surface area contributed by atoms with Gasteiger partial charge in [-0.1, -0.05) is 30.4 Å². The fourth-order valence-corrected chi connectivity index (χ4v) is 3.43. The summed E-state index contributed by atoms with van der Waals surface area (Å²) < 4.78 is 20.0. The Hall–Kier alpha value is -1.94. The number of esters is 1. The molecule has 22 heavy (non-hydrogen) atoms. The first-order chi connectivity index (χ1) is 10.6. The highest BCUT2D eigenvalue weighted by Gasteiger charge is 2.56. The monoisotopic (exact) mass is 301 g/mol. The molecule has 2 unspecified atom stereocenters. The predicted octanol–water partition coefficient (Wildman–Crippen LogP) is 3.03. The van der Waals surface area contributed by atoms with Crippen LogP contribution in [-0.2, 0) is 14.9 Å². The smallest absolute Gasteiger partial charge is 0.322 e. The van der Waals surface area contributed by atoms with Gasteiger partial charge in [-0.15, -0.1) is 0 Å². The maximum absolute atomic E-state index is 14.5. The van der Waals surface area contributed by atoms with Crippen LogP contribution in [-0.4, -0.2) is 31.5 Å². The van der Waals surface area contributed by atoms with Gasteiger partial charge < -0.3 is 9.64 Å². The van der Waals surface area contributed by atoms with Crippen LogP contribution in [0.5, 0.6) is 0 Å². The molecule has 0 radical (unpaired) electrons. The van der Waals surface area contributed by atoms with Gasteiger partial charge in [-0.05, 0) is 45.6 Å². The summed E-state index contributed by atoms with van der Waals surface area (Å²) in [5.41, 5.74) is -0.489. The number of benzene rings is 1. The quantitative estimate of drug-likeness (QED) is 0.801. The molecular formula is C18H20FNO2. The summed E-state index contributed by atoms with van der Waals surface area (Å²) in [7, 11) is 3.90. The second-order valence-corrected chi connectivity index (χ2v) is 6.18. The van der Waals surface area contributed by atoms with Crippen LogP contribution in [0.4, 0.5) is 4.39 Å². The molecular weight excluding hydrogens is 281 g/mol. The van der Waals surface area contributed by atoms with Crippen molar-refractivity contribution in [2.75, 3.05) is 20.6 Å².